The van der Waals surface area contributed by atoms with E-state index in [2.05, 4.69) is 51.2 Å². The third kappa shape index (κ3) is 2.92. The van der Waals surface area contributed by atoms with Crippen LogP contribution in [-0.2, 0) is 19.5 Å². The first-order chi connectivity index (χ1) is 13.7. The number of aryl methyl sites for hydroxylation is 1. The summed E-state index contributed by atoms with van der Waals surface area (Å²) >= 11 is 0. The molecule has 0 spiro atoms. The summed E-state index contributed by atoms with van der Waals surface area (Å²) in [6.07, 6.45) is 4.51. The third-order valence-electron chi connectivity index (χ3n) is 5.46. The Morgan fingerprint density at radius 1 is 1.18 bits per heavy atom. The van der Waals surface area contributed by atoms with Crippen molar-refractivity contribution >= 4 is 10.9 Å². The molecule has 0 unspecified atom stereocenters. The minimum absolute atomic E-state index is 0.0481. The fraction of sp³-hybridized carbons (Fsp3) is 0.227. The molecule has 0 radical (unpaired) electrons. The minimum atomic E-state index is -0.0481. The standard InChI is InChI=1S/C22H21N5O/c1-14-5-4-6-16-15(11-24-20(14)16)12-27-10-8-17-19(13-27)25-21(26-22(17)28)18-7-2-3-9-23-18/h2-7,9,11,24H,8,10,12-13H2,1H3,(H,25,26,28). The van der Waals surface area contributed by atoms with Crippen LogP contribution in [0.2, 0.25) is 0 Å². The van der Waals surface area contributed by atoms with Crippen molar-refractivity contribution in [2.45, 2.75) is 26.4 Å². The fourth-order valence-electron chi connectivity index (χ4n) is 3.99. The highest BCUT2D eigenvalue weighted by atomic mass is 16.1. The maximum atomic E-state index is 12.5. The summed E-state index contributed by atoms with van der Waals surface area (Å²) in [6, 6.07) is 12.0. The first-order valence-electron chi connectivity index (χ1n) is 9.50. The molecule has 0 saturated carbocycles. The van der Waals surface area contributed by atoms with Gasteiger partial charge in [0.05, 0.1) is 5.69 Å². The van der Waals surface area contributed by atoms with Gasteiger partial charge in [0.1, 0.15) is 5.69 Å². The summed E-state index contributed by atoms with van der Waals surface area (Å²) in [5, 5.41) is 1.26. The van der Waals surface area contributed by atoms with Gasteiger partial charge < -0.3 is 9.97 Å². The number of nitrogens with one attached hydrogen (secondary N) is 2. The van der Waals surface area contributed by atoms with Crippen molar-refractivity contribution < 1.29 is 0 Å². The van der Waals surface area contributed by atoms with Crippen LogP contribution in [0.4, 0.5) is 0 Å². The maximum absolute atomic E-state index is 12.5. The van der Waals surface area contributed by atoms with Crippen molar-refractivity contribution in [3.05, 3.63) is 81.5 Å². The number of fused-ring (bicyclic) bond motifs is 2. The average molecular weight is 371 g/mol. The van der Waals surface area contributed by atoms with E-state index < -0.39 is 0 Å². The average Bonchev–Trinajstić information content (AvgIpc) is 3.12. The van der Waals surface area contributed by atoms with E-state index in [9.17, 15) is 4.79 Å². The quantitative estimate of drug-likeness (QED) is 0.580. The molecule has 2 N–H and O–H groups in total. The summed E-state index contributed by atoms with van der Waals surface area (Å²) < 4.78 is 0. The number of H-pyrrole nitrogens is 2. The highest BCUT2D eigenvalue weighted by Gasteiger charge is 2.22. The molecule has 140 valence electrons. The molecule has 28 heavy (non-hydrogen) atoms. The SMILES string of the molecule is Cc1cccc2c(CN3CCc4c(nc(-c5ccccn5)[nH]c4=O)C3)c[nH]c12. The number of hydrogen-bond acceptors (Lipinski definition) is 4. The molecule has 0 atom stereocenters. The van der Waals surface area contributed by atoms with E-state index in [1.54, 1.807) is 6.20 Å². The van der Waals surface area contributed by atoms with Crippen LogP contribution >= 0.6 is 0 Å². The topological polar surface area (TPSA) is 77.7 Å². The van der Waals surface area contributed by atoms with Gasteiger partial charge in [0.2, 0.25) is 0 Å². The van der Waals surface area contributed by atoms with Crippen molar-refractivity contribution in [1.82, 2.24) is 24.8 Å². The Morgan fingerprint density at radius 2 is 2.11 bits per heavy atom. The van der Waals surface area contributed by atoms with Gasteiger partial charge in [-0.1, -0.05) is 24.3 Å². The van der Waals surface area contributed by atoms with Crippen LogP contribution in [0, 0.1) is 6.92 Å². The number of hydrogen-bond donors (Lipinski definition) is 2. The fourth-order valence-corrected chi connectivity index (χ4v) is 3.99. The van der Waals surface area contributed by atoms with Gasteiger partial charge in [0.25, 0.3) is 5.56 Å². The van der Waals surface area contributed by atoms with Gasteiger partial charge in [-0.3, -0.25) is 14.7 Å². The van der Waals surface area contributed by atoms with E-state index in [1.807, 2.05) is 18.2 Å². The molecule has 0 fully saturated rings. The summed E-state index contributed by atoms with van der Waals surface area (Å²) in [7, 11) is 0. The van der Waals surface area contributed by atoms with E-state index in [1.165, 1.54) is 22.0 Å². The molecule has 4 heterocycles. The normalized spacial score (nSPS) is 14.3. The molecule has 0 aliphatic carbocycles. The number of pyridine rings is 1. The largest absolute Gasteiger partial charge is 0.361 e. The summed E-state index contributed by atoms with van der Waals surface area (Å²) in [4.78, 5) is 30.2. The molecule has 4 aromatic rings. The van der Waals surface area contributed by atoms with Gasteiger partial charge in [-0.05, 0) is 36.6 Å². The van der Waals surface area contributed by atoms with Crippen molar-refractivity contribution in [3.8, 4) is 11.5 Å². The van der Waals surface area contributed by atoms with Gasteiger partial charge in [-0.2, -0.15) is 0 Å². The van der Waals surface area contributed by atoms with E-state index >= 15 is 0 Å². The monoisotopic (exact) mass is 371 g/mol. The Hall–Kier alpha value is -3.25. The number of benzene rings is 1. The predicted molar refractivity (Wildman–Crippen MR) is 109 cm³/mol. The van der Waals surface area contributed by atoms with Crippen molar-refractivity contribution in [3.63, 3.8) is 0 Å². The Kier molecular flexibility index (Phi) is 4.06. The molecule has 1 aliphatic rings. The minimum Gasteiger partial charge on any atom is -0.361 e. The molecule has 1 aromatic carbocycles. The van der Waals surface area contributed by atoms with Crippen LogP contribution < -0.4 is 5.56 Å². The van der Waals surface area contributed by atoms with Crippen molar-refractivity contribution in [2.24, 2.45) is 0 Å². The van der Waals surface area contributed by atoms with Crippen molar-refractivity contribution in [1.29, 1.82) is 0 Å². The number of nitrogens with zero attached hydrogens (tertiary/aromatic N) is 3. The Morgan fingerprint density at radius 3 is 2.96 bits per heavy atom. The van der Waals surface area contributed by atoms with Gasteiger partial charge in [0, 0.05) is 48.5 Å². The zero-order valence-electron chi connectivity index (χ0n) is 15.7. The van der Waals surface area contributed by atoms with Crippen LogP contribution in [0.3, 0.4) is 0 Å². The third-order valence-corrected chi connectivity index (χ3v) is 5.46. The lowest BCUT2D eigenvalue weighted by Crippen LogP contribution is -2.35. The molecule has 0 bridgehead atoms. The number of para-hydroxylation sites is 1. The molecule has 0 amide bonds. The number of aromatic amines is 2. The zero-order valence-corrected chi connectivity index (χ0v) is 15.7. The highest BCUT2D eigenvalue weighted by Crippen LogP contribution is 2.25. The second-order valence-electron chi connectivity index (χ2n) is 7.33. The van der Waals surface area contributed by atoms with E-state index in [0.717, 1.165) is 24.3 Å². The number of aromatic nitrogens is 4. The van der Waals surface area contributed by atoms with Crippen LogP contribution in [-0.4, -0.2) is 31.4 Å². The Bertz CT molecular complexity index is 1210. The van der Waals surface area contributed by atoms with E-state index in [0.29, 0.717) is 24.5 Å². The maximum Gasteiger partial charge on any atom is 0.254 e. The van der Waals surface area contributed by atoms with E-state index in [-0.39, 0.29) is 5.56 Å². The molecule has 5 rings (SSSR count). The lowest BCUT2D eigenvalue weighted by atomic mass is 10.0. The summed E-state index contributed by atoms with van der Waals surface area (Å²) in [6.45, 7) is 4.46. The summed E-state index contributed by atoms with van der Waals surface area (Å²) in [5.41, 5.74) is 6.01. The zero-order chi connectivity index (χ0) is 19.1. The molecular formula is C22H21N5O. The lowest BCUT2D eigenvalue weighted by Gasteiger charge is -2.27. The van der Waals surface area contributed by atoms with Crippen LogP contribution in [0.25, 0.3) is 22.4 Å². The second-order valence-corrected chi connectivity index (χ2v) is 7.33. The Labute approximate surface area is 162 Å². The molecule has 1 aliphatic heterocycles. The molecule has 0 saturated heterocycles. The molecular weight excluding hydrogens is 350 g/mol. The lowest BCUT2D eigenvalue weighted by molar-refractivity contribution is 0.241. The smallest absolute Gasteiger partial charge is 0.254 e. The molecule has 3 aromatic heterocycles. The van der Waals surface area contributed by atoms with Crippen LogP contribution in [0.15, 0.2) is 53.6 Å². The van der Waals surface area contributed by atoms with Crippen LogP contribution in [0.1, 0.15) is 22.4 Å². The molecule has 6 nitrogen and oxygen atoms in total. The predicted octanol–water partition coefficient (Wildman–Crippen LogP) is 3.18. The molecule has 6 heteroatoms. The van der Waals surface area contributed by atoms with E-state index in [4.69, 9.17) is 4.98 Å². The van der Waals surface area contributed by atoms with Gasteiger partial charge in [-0.25, -0.2) is 4.98 Å². The number of rotatable bonds is 3. The Balaban J connectivity index is 1.45. The van der Waals surface area contributed by atoms with Crippen molar-refractivity contribution in [2.75, 3.05) is 6.54 Å². The first-order valence-corrected chi connectivity index (χ1v) is 9.50. The second kappa shape index (κ2) is 6.73. The van der Waals surface area contributed by atoms with Gasteiger partial charge in [0.15, 0.2) is 5.82 Å². The van der Waals surface area contributed by atoms with Gasteiger partial charge >= 0.3 is 0 Å². The van der Waals surface area contributed by atoms with Crippen LogP contribution in [0.5, 0.6) is 0 Å². The summed E-state index contributed by atoms with van der Waals surface area (Å²) in [5.74, 6) is 0.536. The first kappa shape index (κ1) is 16.9. The highest BCUT2D eigenvalue weighted by molar-refractivity contribution is 5.85. The van der Waals surface area contributed by atoms with Gasteiger partial charge in [-0.15, -0.1) is 0 Å².